The Hall–Kier alpha value is -3.85. The largest absolute Gasteiger partial charge is 0.489 e. The zero-order valence-corrected chi connectivity index (χ0v) is 24.5. The number of nitrogens with one attached hydrogen (secondary N) is 1. The molecule has 3 aromatic carbocycles. The van der Waals surface area contributed by atoms with Gasteiger partial charge in [-0.2, -0.15) is 0 Å². The summed E-state index contributed by atoms with van der Waals surface area (Å²) in [6, 6.07) is 23.2. The molecule has 0 bridgehead atoms. The van der Waals surface area contributed by atoms with Gasteiger partial charge in [-0.05, 0) is 60.7 Å². The van der Waals surface area contributed by atoms with Crippen LogP contribution in [0.2, 0.25) is 0 Å². The second-order valence-corrected chi connectivity index (χ2v) is 11.6. The van der Waals surface area contributed by atoms with Crippen molar-refractivity contribution < 1.29 is 22.7 Å². The highest BCUT2D eigenvalue weighted by Gasteiger charge is 2.31. The second-order valence-electron chi connectivity index (χ2n) is 9.70. The molecule has 3 rings (SSSR count). The normalized spacial score (nSPS) is 11.9. The molecule has 0 aliphatic rings. The Morgan fingerprint density at radius 1 is 0.925 bits per heavy atom. The van der Waals surface area contributed by atoms with E-state index in [9.17, 15) is 18.0 Å². The van der Waals surface area contributed by atoms with E-state index in [1.54, 1.807) is 24.3 Å². The summed E-state index contributed by atoms with van der Waals surface area (Å²) in [5.74, 6) is -0.138. The molecule has 40 heavy (non-hydrogen) atoms. The average Bonchev–Trinajstić information content (AvgIpc) is 2.94. The van der Waals surface area contributed by atoms with Gasteiger partial charge >= 0.3 is 0 Å². The van der Waals surface area contributed by atoms with E-state index in [4.69, 9.17) is 4.74 Å². The molecule has 9 heteroatoms. The molecule has 0 aliphatic heterocycles. The van der Waals surface area contributed by atoms with Crippen LogP contribution in [-0.4, -0.2) is 50.5 Å². The van der Waals surface area contributed by atoms with E-state index in [1.807, 2.05) is 75.4 Å². The topological polar surface area (TPSA) is 96.0 Å². The molecule has 0 unspecified atom stereocenters. The molecule has 0 aromatic heterocycles. The first-order chi connectivity index (χ1) is 19.1. The minimum Gasteiger partial charge on any atom is -0.489 e. The van der Waals surface area contributed by atoms with Gasteiger partial charge in [0, 0.05) is 13.1 Å². The van der Waals surface area contributed by atoms with Gasteiger partial charge in [-0.3, -0.25) is 13.9 Å². The van der Waals surface area contributed by atoms with Crippen molar-refractivity contribution in [2.45, 2.75) is 52.8 Å². The van der Waals surface area contributed by atoms with E-state index in [-0.39, 0.29) is 12.5 Å². The zero-order valence-electron chi connectivity index (χ0n) is 23.7. The van der Waals surface area contributed by atoms with Crippen molar-refractivity contribution in [2.24, 2.45) is 0 Å². The van der Waals surface area contributed by atoms with Crippen molar-refractivity contribution in [1.29, 1.82) is 0 Å². The van der Waals surface area contributed by atoms with Gasteiger partial charge in [0.25, 0.3) is 0 Å². The fourth-order valence-corrected chi connectivity index (χ4v) is 5.17. The molecule has 0 saturated carbocycles. The third-order valence-corrected chi connectivity index (χ3v) is 7.73. The van der Waals surface area contributed by atoms with Crippen LogP contribution in [0.4, 0.5) is 5.69 Å². The van der Waals surface area contributed by atoms with Crippen LogP contribution in [0.3, 0.4) is 0 Å². The molecule has 0 spiro atoms. The molecule has 2 amide bonds. The monoisotopic (exact) mass is 565 g/mol. The Morgan fingerprint density at radius 3 is 2.17 bits per heavy atom. The predicted molar refractivity (Wildman–Crippen MR) is 159 cm³/mol. The van der Waals surface area contributed by atoms with Crippen LogP contribution in [0.15, 0.2) is 78.9 Å². The minimum absolute atomic E-state index is 0.188. The molecule has 3 aromatic rings. The van der Waals surface area contributed by atoms with Crippen molar-refractivity contribution in [2.75, 3.05) is 23.7 Å². The number of carbonyl (C=O) groups excluding carboxylic acids is 2. The summed E-state index contributed by atoms with van der Waals surface area (Å²) in [5, 5.41) is 2.89. The Bertz CT molecular complexity index is 1360. The Morgan fingerprint density at radius 2 is 1.57 bits per heavy atom. The number of amides is 2. The summed E-state index contributed by atoms with van der Waals surface area (Å²) >= 11 is 0. The summed E-state index contributed by atoms with van der Waals surface area (Å²) in [5.41, 5.74) is 3.22. The van der Waals surface area contributed by atoms with E-state index in [2.05, 4.69) is 5.32 Å². The molecule has 1 atom stereocenters. The van der Waals surface area contributed by atoms with Crippen LogP contribution in [0.25, 0.3) is 0 Å². The van der Waals surface area contributed by atoms with Gasteiger partial charge in [-0.15, -0.1) is 0 Å². The number of rotatable bonds is 14. The third-order valence-electron chi connectivity index (χ3n) is 6.59. The lowest BCUT2D eigenvalue weighted by molar-refractivity contribution is -0.140. The molecule has 214 valence electrons. The first-order valence-corrected chi connectivity index (χ1v) is 15.3. The number of benzene rings is 3. The summed E-state index contributed by atoms with van der Waals surface area (Å²) in [7, 11) is -3.82. The second kappa shape index (κ2) is 14.5. The maximum absolute atomic E-state index is 13.8. The molecule has 0 heterocycles. The lowest BCUT2D eigenvalue weighted by Crippen LogP contribution is -2.52. The molecular formula is C31H39N3O5S. The Kier molecular flexibility index (Phi) is 11.1. The fourth-order valence-electron chi connectivity index (χ4n) is 4.32. The SMILES string of the molecule is CCCNC(=O)[C@@H](CC)N(Cc1ccccc1C)C(=O)CN(c1ccc(OCc2ccccc2)cc1)S(C)(=O)=O. The van der Waals surface area contributed by atoms with Crippen LogP contribution in [0.1, 0.15) is 43.4 Å². The van der Waals surface area contributed by atoms with Crippen molar-refractivity contribution in [3.05, 3.63) is 95.6 Å². The summed E-state index contributed by atoms with van der Waals surface area (Å²) in [6.45, 7) is 6.37. The van der Waals surface area contributed by atoms with Crippen LogP contribution >= 0.6 is 0 Å². The quantitative estimate of drug-likeness (QED) is 0.306. The molecule has 0 fully saturated rings. The number of anilines is 1. The van der Waals surface area contributed by atoms with Gasteiger partial charge in [0.05, 0.1) is 11.9 Å². The maximum Gasteiger partial charge on any atom is 0.244 e. The lowest BCUT2D eigenvalue weighted by Gasteiger charge is -2.33. The van der Waals surface area contributed by atoms with Crippen molar-refractivity contribution in [3.63, 3.8) is 0 Å². The summed E-state index contributed by atoms with van der Waals surface area (Å²) in [6.07, 6.45) is 2.22. The van der Waals surface area contributed by atoms with Crippen molar-refractivity contribution >= 4 is 27.5 Å². The fraction of sp³-hybridized carbons (Fsp3) is 0.355. The van der Waals surface area contributed by atoms with E-state index < -0.39 is 28.5 Å². The standard InChI is InChI=1S/C31H39N3O5S/c1-5-20-32-31(36)29(6-2)33(21-26-15-11-10-12-24(26)3)30(35)22-34(40(4,37)38)27-16-18-28(19-17-27)39-23-25-13-8-7-9-14-25/h7-19,29H,5-6,20-23H2,1-4H3,(H,32,36)/t29-/m1/s1. The number of nitrogens with zero attached hydrogens (tertiary/aromatic N) is 2. The zero-order chi connectivity index (χ0) is 29.1. The van der Waals surface area contributed by atoms with Gasteiger partial charge in [0.2, 0.25) is 21.8 Å². The first-order valence-electron chi connectivity index (χ1n) is 13.5. The molecule has 0 aliphatic carbocycles. The number of hydrogen-bond acceptors (Lipinski definition) is 5. The molecular weight excluding hydrogens is 526 g/mol. The summed E-state index contributed by atoms with van der Waals surface area (Å²) in [4.78, 5) is 28.4. The van der Waals surface area contributed by atoms with Gasteiger partial charge in [0.1, 0.15) is 24.9 Å². The van der Waals surface area contributed by atoms with Crippen LogP contribution in [-0.2, 0) is 32.8 Å². The number of ether oxygens (including phenoxy) is 1. The number of carbonyl (C=O) groups is 2. The lowest BCUT2D eigenvalue weighted by atomic mass is 10.1. The van der Waals surface area contributed by atoms with Crippen molar-refractivity contribution in [3.8, 4) is 5.75 Å². The van der Waals surface area contributed by atoms with Gasteiger partial charge in [0.15, 0.2) is 0 Å². The number of aryl methyl sites for hydroxylation is 1. The van der Waals surface area contributed by atoms with Crippen LogP contribution in [0, 0.1) is 6.92 Å². The molecule has 1 N–H and O–H groups in total. The van der Waals surface area contributed by atoms with Crippen LogP contribution in [0.5, 0.6) is 5.75 Å². The molecule has 0 radical (unpaired) electrons. The Balaban J connectivity index is 1.85. The van der Waals surface area contributed by atoms with Crippen molar-refractivity contribution in [1.82, 2.24) is 10.2 Å². The number of sulfonamides is 1. The highest BCUT2D eigenvalue weighted by Crippen LogP contribution is 2.24. The highest BCUT2D eigenvalue weighted by atomic mass is 32.2. The molecule has 0 saturated heterocycles. The van der Waals surface area contributed by atoms with Crippen LogP contribution < -0.4 is 14.4 Å². The molecule has 8 nitrogen and oxygen atoms in total. The van der Waals surface area contributed by atoms with Gasteiger partial charge in [-0.1, -0.05) is 68.4 Å². The predicted octanol–water partition coefficient (Wildman–Crippen LogP) is 4.67. The summed E-state index contributed by atoms with van der Waals surface area (Å²) < 4.78 is 32.6. The van der Waals surface area contributed by atoms with Gasteiger partial charge in [-0.25, -0.2) is 8.42 Å². The van der Waals surface area contributed by atoms with Gasteiger partial charge < -0.3 is 15.0 Å². The maximum atomic E-state index is 13.8. The van der Waals surface area contributed by atoms with E-state index in [1.165, 1.54) is 4.90 Å². The average molecular weight is 566 g/mol. The smallest absolute Gasteiger partial charge is 0.244 e. The van der Waals surface area contributed by atoms with E-state index >= 15 is 0 Å². The van der Waals surface area contributed by atoms with E-state index in [0.717, 1.165) is 33.7 Å². The minimum atomic E-state index is -3.82. The van der Waals surface area contributed by atoms with E-state index in [0.29, 0.717) is 31.0 Å². The highest BCUT2D eigenvalue weighted by molar-refractivity contribution is 7.92. The Labute approximate surface area is 238 Å². The first kappa shape index (κ1) is 30.7. The number of hydrogen-bond donors (Lipinski definition) is 1. The third kappa shape index (κ3) is 8.58.